The molecule has 12 aliphatic rings. The molecule has 25 nitrogen and oxygen atoms in total. The third-order valence-corrected chi connectivity index (χ3v) is 16.1. The molecule has 0 bridgehead atoms. The number of ether oxygens (including phenoxy) is 19. The first-order chi connectivity index (χ1) is 36.5. The second kappa shape index (κ2) is 23.2. The normalized spacial score (nSPS) is 46.9. The average molecular weight is 1140 g/mol. The first kappa shape index (κ1) is 63.7. The van der Waals surface area contributed by atoms with Gasteiger partial charge in [-0.3, -0.25) is 0 Å². The zero-order valence-electron chi connectivity index (χ0n) is 49.2. The molecule has 25 heteroatoms. The number of aldehydes is 1. The van der Waals surface area contributed by atoms with Crippen molar-refractivity contribution in [3.05, 3.63) is 0 Å². The molecule has 0 aromatic carbocycles. The molecule has 0 aromatic rings. The third-order valence-electron chi connectivity index (χ3n) is 16.1. The highest BCUT2D eigenvalue weighted by Crippen LogP contribution is 2.47. The lowest BCUT2D eigenvalue weighted by Gasteiger charge is -2.31. The van der Waals surface area contributed by atoms with Gasteiger partial charge in [0.25, 0.3) is 0 Å². The van der Waals surface area contributed by atoms with Crippen molar-refractivity contribution in [2.45, 2.75) is 282 Å². The number of hydrogen-bond acceptors (Lipinski definition) is 25. The molecule has 12 heterocycles. The molecule has 458 valence electrons. The minimum atomic E-state index is -0.939. The van der Waals surface area contributed by atoms with Crippen molar-refractivity contribution in [2.24, 2.45) is 23.7 Å². The zero-order valence-corrected chi connectivity index (χ0v) is 49.2. The Balaban J connectivity index is 0.000000131. The number of carbonyl (C=O) groups is 1. The van der Waals surface area contributed by atoms with Gasteiger partial charge in [-0.25, -0.2) is 0 Å². The summed E-state index contributed by atoms with van der Waals surface area (Å²) in [6.45, 7) is 34.0. The second-order valence-electron chi connectivity index (χ2n) is 25.7. The van der Waals surface area contributed by atoms with Crippen LogP contribution in [0.4, 0.5) is 0 Å². The molecule has 0 aromatic heterocycles. The number of carbonyl (C=O) groups excluding carboxylic acids is 1. The lowest BCUT2D eigenvalue weighted by Crippen LogP contribution is -2.45. The van der Waals surface area contributed by atoms with Crippen molar-refractivity contribution in [3.63, 3.8) is 0 Å². The third kappa shape index (κ3) is 13.9. The Morgan fingerprint density at radius 2 is 0.823 bits per heavy atom. The smallest absolute Gasteiger partial charge is 0.190 e. The maximum atomic E-state index is 10.6. The van der Waals surface area contributed by atoms with E-state index in [1.807, 2.05) is 104 Å². The first-order valence-electron chi connectivity index (χ1n) is 27.8. The van der Waals surface area contributed by atoms with Crippen molar-refractivity contribution in [1.29, 1.82) is 0 Å². The van der Waals surface area contributed by atoms with Gasteiger partial charge in [-0.05, 0) is 96.9 Å². The molecule has 12 rings (SSSR count). The van der Waals surface area contributed by atoms with E-state index in [0.717, 1.165) is 6.29 Å². The summed E-state index contributed by atoms with van der Waals surface area (Å²) >= 11 is 0. The Morgan fingerprint density at radius 1 is 0.430 bits per heavy atom. The molecule has 0 amide bonds. The number of aliphatic hydroxyl groups excluding tert-OH is 5. The highest BCUT2D eigenvalue weighted by molar-refractivity contribution is 5.57. The van der Waals surface area contributed by atoms with E-state index in [1.165, 1.54) is 0 Å². The standard InChI is InChI=1S/C13H22O5.C12H20O6.2C10H18O5.C9H14O4/c1-7-9(8-6-14-12(2,3)16-8)15-11-10(7)17-13(4,5)18-11;1-11(2)14-5-6(16-11)8-7(13)9-10(15-8)18-12(3,4)17-9;1-6-7-8(14-9(2,3)13-7)15-10(6,4-11)5-12;1-5-7(6(12)4-11)13-9-8(5)14-10(2,3)15-9;1-5-6(4-10)11-8-7(5)12-9(2,3)13-8/h7-11H,6H2,1-5H3;6-10,13H,5H2,1-4H3;6-8,11-12H,4-5H2,1-3H3;5-9,11-12H,4H2,1-3H3;4-8H,1-3H3. The van der Waals surface area contributed by atoms with Gasteiger partial charge >= 0.3 is 0 Å². The molecule has 22 unspecified atom stereocenters. The van der Waals surface area contributed by atoms with Gasteiger partial charge in [-0.2, -0.15) is 0 Å². The minimum absolute atomic E-state index is 0.0129. The van der Waals surface area contributed by atoms with E-state index in [4.69, 9.17) is 95.1 Å². The van der Waals surface area contributed by atoms with E-state index in [0.29, 0.717) is 13.2 Å². The van der Waals surface area contributed by atoms with Crippen molar-refractivity contribution in [1.82, 2.24) is 0 Å². The van der Waals surface area contributed by atoms with Crippen molar-refractivity contribution in [3.8, 4) is 0 Å². The van der Waals surface area contributed by atoms with E-state index < -0.39 is 95.5 Å². The largest absolute Gasteiger partial charge is 0.394 e. The summed E-state index contributed by atoms with van der Waals surface area (Å²) in [6, 6.07) is 0. The molecule has 12 fully saturated rings. The molecule has 12 saturated heterocycles. The average Bonchev–Trinajstić information content (AvgIpc) is 4.45. The summed E-state index contributed by atoms with van der Waals surface area (Å²) in [7, 11) is 0. The van der Waals surface area contributed by atoms with E-state index in [2.05, 4.69) is 6.92 Å². The van der Waals surface area contributed by atoms with Crippen molar-refractivity contribution in [2.75, 3.05) is 33.0 Å². The Morgan fingerprint density at radius 3 is 1.22 bits per heavy atom. The van der Waals surface area contributed by atoms with Crippen molar-refractivity contribution < 1.29 is 120 Å². The monoisotopic (exact) mass is 1140 g/mol. The van der Waals surface area contributed by atoms with Crippen LogP contribution < -0.4 is 0 Å². The summed E-state index contributed by atoms with van der Waals surface area (Å²) < 4.78 is 107. The van der Waals surface area contributed by atoms with E-state index in [9.17, 15) is 25.2 Å². The van der Waals surface area contributed by atoms with Crippen LogP contribution in [0.15, 0.2) is 0 Å². The van der Waals surface area contributed by atoms with Crippen LogP contribution in [0.1, 0.15) is 125 Å². The van der Waals surface area contributed by atoms with Crippen LogP contribution in [-0.4, -0.2) is 222 Å². The van der Waals surface area contributed by atoms with Crippen LogP contribution in [0.25, 0.3) is 0 Å². The first-order valence-corrected chi connectivity index (χ1v) is 27.8. The van der Waals surface area contributed by atoms with Crippen LogP contribution in [-0.2, 0) is 94.8 Å². The van der Waals surface area contributed by atoms with Gasteiger partial charge in [0.1, 0.15) is 79.0 Å². The molecular formula is C54H92O25. The Labute approximate surface area is 463 Å². The predicted molar refractivity (Wildman–Crippen MR) is 268 cm³/mol. The maximum Gasteiger partial charge on any atom is 0.190 e. The zero-order chi connectivity index (χ0) is 58.4. The van der Waals surface area contributed by atoms with Gasteiger partial charge in [-0.15, -0.1) is 0 Å². The van der Waals surface area contributed by atoms with Crippen LogP contribution in [0, 0.1) is 23.7 Å². The number of aliphatic hydroxyl groups is 5. The lowest BCUT2D eigenvalue weighted by molar-refractivity contribution is -0.244. The molecule has 0 aliphatic carbocycles. The molecule has 12 aliphatic heterocycles. The molecule has 0 saturated carbocycles. The van der Waals surface area contributed by atoms with Crippen molar-refractivity contribution >= 4 is 6.29 Å². The van der Waals surface area contributed by atoms with Gasteiger partial charge in [0, 0.05) is 23.7 Å². The molecule has 0 radical (unpaired) electrons. The van der Waals surface area contributed by atoms with Crippen LogP contribution in [0.3, 0.4) is 0 Å². The number of rotatable bonds is 7. The topological polar surface area (TPSA) is 294 Å². The quantitative estimate of drug-likeness (QED) is 0.229. The molecule has 0 spiro atoms. The lowest BCUT2D eigenvalue weighted by atomic mass is 9.88. The predicted octanol–water partition coefficient (Wildman–Crippen LogP) is 2.43. The van der Waals surface area contributed by atoms with Crippen LogP contribution in [0.2, 0.25) is 0 Å². The van der Waals surface area contributed by atoms with Gasteiger partial charge in [0.2, 0.25) is 0 Å². The maximum absolute atomic E-state index is 10.6. The second-order valence-corrected chi connectivity index (χ2v) is 25.7. The highest BCUT2D eigenvalue weighted by atomic mass is 16.9. The minimum Gasteiger partial charge on any atom is -0.394 e. The fraction of sp³-hybridized carbons (Fsp3) is 0.981. The van der Waals surface area contributed by atoms with Gasteiger partial charge in [-0.1, -0.05) is 27.7 Å². The fourth-order valence-electron chi connectivity index (χ4n) is 12.0. The van der Waals surface area contributed by atoms with E-state index in [1.54, 1.807) is 13.8 Å². The Hall–Kier alpha value is -1.29. The molecule has 22 atom stereocenters. The summed E-state index contributed by atoms with van der Waals surface area (Å²) in [5.74, 6) is -4.06. The summed E-state index contributed by atoms with van der Waals surface area (Å²) in [5.41, 5.74) is -0.939. The van der Waals surface area contributed by atoms with Crippen LogP contribution >= 0.6 is 0 Å². The van der Waals surface area contributed by atoms with Gasteiger partial charge in [0.05, 0.1) is 45.2 Å². The Bertz CT molecular complexity index is 1980. The summed E-state index contributed by atoms with van der Waals surface area (Å²) in [5, 5.41) is 47.2. The Kier molecular flexibility index (Phi) is 18.7. The van der Waals surface area contributed by atoms with Crippen LogP contribution in [0.5, 0.6) is 0 Å². The summed E-state index contributed by atoms with van der Waals surface area (Å²) in [4.78, 5) is 10.6. The SMILES string of the molecule is CC1(C)OCC(C2OC3OC(C)(C)OC3C2O)O1.CC1C(C(O)CO)OC2OC(C)(C)OC21.CC1C(C2COC(C)(C)O2)OC2OC(C)(C)OC21.CC1C(C=O)OC2OC(C)(C)OC21.CC1C2OC(C)(C)OC2OC1(CO)CO. The van der Waals surface area contributed by atoms with Gasteiger partial charge in [0.15, 0.2) is 72.0 Å². The molecule has 79 heavy (non-hydrogen) atoms. The molecule has 5 N–H and O–H groups in total. The number of fused-ring (bicyclic) bond motifs is 5. The molecular weight excluding hydrogens is 1050 g/mol. The van der Waals surface area contributed by atoms with E-state index >= 15 is 0 Å². The van der Waals surface area contributed by atoms with Gasteiger partial charge < -0.3 is 120 Å². The summed E-state index contributed by atoms with van der Waals surface area (Å²) in [6.07, 6.45) is -5.56. The highest BCUT2D eigenvalue weighted by Gasteiger charge is 2.62. The van der Waals surface area contributed by atoms with E-state index in [-0.39, 0.29) is 105 Å². The number of hydrogen-bond donors (Lipinski definition) is 5. The fourth-order valence-corrected chi connectivity index (χ4v) is 12.0.